The van der Waals surface area contributed by atoms with E-state index in [2.05, 4.69) is 4.98 Å². The van der Waals surface area contributed by atoms with Gasteiger partial charge in [-0.1, -0.05) is 0 Å². The smallest absolute Gasteiger partial charge is 0.244 e. The summed E-state index contributed by atoms with van der Waals surface area (Å²) in [5.74, 6) is 0.880. The molecule has 0 saturated carbocycles. The second-order valence-electron chi connectivity index (χ2n) is 4.60. The highest BCUT2D eigenvalue weighted by Crippen LogP contribution is 2.24. The second-order valence-corrected chi connectivity index (χ2v) is 4.60. The van der Waals surface area contributed by atoms with Crippen molar-refractivity contribution in [2.24, 2.45) is 0 Å². The monoisotopic (exact) mass is 244 g/mol. The number of carbonyl (C=O) groups is 1. The van der Waals surface area contributed by atoms with Gasteiger partial charge < -0.3 is 9.80 Å². The molecular formula is C13H16N4O. The summed E-state index contributed by atoms with van der Waals surface area (Å²) in [5.41, 5.74) is 0.536. The molecule has 0 aliphatic carbocycles. The molecule has 1 atom stereocenters. The van der Waals surface area contributed by atoms with Crippen molar-refractivity contribution in [1.82, 2.24) is 9.88 Å². The standard InChI is InChI=1S/C13H16N4O/c1-16(2)13(18)11-4-3-7-17(11)12-6-5-10(8-14)9-15-12/h5-6,9,11H,3-4,7H2,1-2H3. The van der Waals surface area contributed by atoms with Gasteiger partial charge >= 0.3 is 0 Å². The molecule has 1 unspecified atom stereocenters. The quantitative estimate of drug-likeness (QED) is 0.779. The Kier molecular flexibility index (Phi) is 3.47. The Morgan fingerprint density at radius 2 is 2.33 bits per heavy atom. The average molecular weight is 244 g/mol. The third-order valence-electron chi connectivity index (χ3n) is 3.15. The number of nitrogens with zero attached hydrogens (tertiary/aromatic N) is 4. The maximum Gasteiger partial charge on any atom is 0.244 e. The molecule has 5 nitrogen and oxygen atoms in total. The van der Waals surface area contributed by atoms with E-state index >= 15 is 0 Å². The summed E-state index contributed by atoms with van der Waals surface area (Å²) in [6.45, 7) is 0.836. The van der Waals surface area contributed by atoms with Gasteiger partial charge in [0, 0.05) is 26.8 Å². The van der Waals surface area contributed by atoms with Crippen LogP contribution in [0.2, 0.25) is 0 Å². The Morgan fingerprint density at radius 1 is 1.56 bits per heavy atom. The van der Waals surface area contributed by atoms with Crippen LogP contribution in [-0.2, 0) is 4.79 Å². The van der Waals surface area contributed by atoms with Crippen LogP contribution in [0.15, 0.2) is 18.3 Å². The minimum Gasteiger partial charge on any atom is -0.347 e. The number of aromatic nitrogens is 1. The molecule has 1 fully saturated rings. The third kappa shape index (κ3) is 2.28. The van der Waals surface area contributed by atoms with E-state index in [9.17, 15) is 4.79 Å². The Morgan fingerprint density at radius 3 is 2.89 bits per heavy atom. The van der Waals surface area contributed by atoms with Gasteiger partial charge in [-0.05, 0) is 25.0 Å². The molecule has 0 spiro atoms. The molecule has 2 rings (SSSR count). The van der Waals surface area contributed by atoms with Crippen LogP contribution in [0, 0.1) is 11.3 Å². The zero-order chi connectivity index (χ0) is 13.1. The molecule has 1 aromatic heterocycles. The van der Waals surface area contributed by atoms with Crippen molar-refractivity contribution in [3.05, 3.63) is 23.9 Å². The molecule has 94 valence electrons. The second kappa shape index (κ2) is 5.05. The zero-order valence-corrected chi connectivity index (χ0v) is 10.6. The topological polar surface area (TPSA) is 60.2 Å². The predicted molar refractivity (Wildman–Crippen MR) is 68.0 cm³/mol. The first-order valence-corrected chi connectivity index (χ1v) is 5.97. The fourth-order valence-electron chi connectivity index (χ4n) is 2.22. The molecule has 0 N–H and O–H groups in total. The average Bonchev–Trinajstić information content (AvgIpc) is 2.87. The number of nitriles is 1. The highest BCUT2D eigenvalue weighted by atomic mass is 16.2. The molecule has 0 radical (unpaired) electrons. The number of rotatable bonds is 2. The van der Waals surface area contributed by atoms with Crippen LogP contribution in [-0.4, -0.2) is 42.5 Å². The highest BCUT2D eigenvalue weighted by molar-refractivity contribution is 5.85. The Balaban J connectivity index is 2.21. The highest BCUT2D eigenvalue weighted by Gasteiger charge is 2.32. The maximum atomic E-state index is 12.1. The molecule has 5 heteroatoms. The summed E-state index contributed by atoms with van der Waals surface area (Å²) < 4.78 is 0. The van der Waals surface area contributed by atoms with E-state index in [1.165, 1.54) is 0 Å². The summed E-state index contributed by atoms with van der Waals surface area (Å²) in [6, 6.07) is 5.46. The number of hydrogen-bond donors (Lipinski definition) is 0. The van der Waals surface area contributed by atoms with E-state index in [0.29, 0.717) is 5.56 Å². The maximum absolute atomic E-state index is 12.1. The van der Waals surface area contributed by atoms with Crippen molar-refractivity contribution in [3.63, 3.8) is 0 Å². The molecular weight excluding hydrogens is 228 g/mol. The molecule has 1 amide bonds. The van der Waals surface area contributed by atoms with Crippen molar-refractivity contribution in [2.45, 2.75) is 18.9 Å². The van der Waals surface area contributed by atoms with Crippen molar-refractivity contribution >= 4 is 11.7 Å². The summed E-state index contributed by atoms with van der Waals surface area (Å²) in [6.07, 6.45) is 3.40. The molecule has 2 heterocycles. The Hall–Kier alpha value is -2.09. The number of carbonyl (C=O) groups excluding carboxylic acids is 1. The van der Waals surface area contributed by atoms with E-state index in [0.717, 1.165) is 25.2 Å². The van der Waals surface area contributed by atoms with Gasteiger partial charge in [0.05, 0.1) is 5.56 Å². The van der Waals surface area contributed by atoms with E-state index < -0.39 is 0 Å². The van der Waals surface area contributed by atoms with Crippen LogP contribution >= 0.6 is 0 Å². The first-order chi connectivity index (χ1) is 8.63. The fraction of sp³-hybridized carbons (Fsp3) is 0.462. The Bertz CT molecular complexity index is 475. The minimum absolute atomic E-state index is 0.110. The first-order valence-electron chi connectivity index (χ1n) is 5.97. The van der Waals surface area contributed by atoms with Crippen molar-refractivity contribution < 1.29 is 4.79 Å². The van der Waals surface area contributed by atoms with Crippen molar-refractivity contribution in [2.75, 3.05) is 25.5 Å². The normalized spacial score (nSPS) is 18.5. The van der Waals surface area contributed by atoms with Crippen LogP contribution in [0.1, 0.15) is 18.4 Å². The number of pyridine rings is 1. The first kappa shape index (κ1) is 12.4. The molecule has 1 aliphatic heterocycles. The molecule has 1 aromatic rings. The number of likely N-dealkylation sites (N-methyl/N-ethyl adjacent to an activating group) is 1. The summed E-state index contributed by atoms with van der Waals surface area (Å²) in [7, 11) is 3.54. The zero-order valence-electron chi connectivity index (χ0n) is 10.6. The van der Waals surface area contributed by atoms with Crippen LogP contribution in [0.5, 0.6) is 0 Å². The van der Waals surface area contributed by atoms with E-state index in [4.69, 9.17) is 5.26 Å². The molecule has 0 aromatic carbocycles. The minimum atomic E-state index is -0.125. The van der Waals surface area contributed by atoms with Gasteiger partial charge in [0.1, 0.15) is 17.9 Å². The van der Waals surface area contributed by atoms with E-state index in [1.807, 2.05) is 11.0 Å². The van der Waals surface area contributed by atoms with Gasteiger partial charge in [-0.15, -0.1) is 0 Å². The molecule has 0 bridgehead atoms. The molecule has 1 saturated heterocycles. The SMILES string of the molecule is CN(C)C(=O)C1CCCN1c1ccc(C#N)cn1. The van der Waals surface area contributed by atoms with Crippen LogP contribution < -0.4 is 4.90 Å². The van der Waals surface area contributed by atoms with Gasteiger partial charge in [0.2, 0.25) is 5.91 Å². The number of amides is 1. The third-order valence-corrected chi connectivity index (χ3v) is 3.15. The van der Waals surface area contributed by atoms with Gasteiger partial charge in [-0.25, -0.2) is 4.98 Å². The summed E-state index contributed by atoms with van der Waals surface area (Å²) in [4.78, 5) is 19.9. The Labute approximate surface area is 107 Å². The molecule has 1 aliphatic rings. The number of hydrogen-bond acceptors (Lipinski definition) is 4. The van der Waals surface area contributed by atoms with Gasteiger partial charge in [-0.3, -0.25) is 4.79 Å². The number of anilines is 1. The van der Waals surface area contributed by atoms with Crippen LogP contribution in [0.4, 0.5) is 5.82 Å². The summed E-state index contributed by atoms with van der Waals surface area (Å²) >= 11 is 0. The lowest BCUT2D eigenvalue weighted by molar-refractivity contribution is -0.129. The van der Waals surface area contributed by atoms with Crippen LogP contribution in [0.3, 0.4) is 0 Å². The molecule has 18 heavy (non-hydrogen) atoms. The van der Waals surface area contributed by atoms with E-state index in [-0.39, 0.29) is 11.9 Å². The van der Waals surface area contributed by atoms with Gasteiger partial charge in [-0.2, -0.15) is 5.26 Å². The van der Waals surface area contributed by atoms with Gasteiger partial charge in [0.25, 0.3) is 0 Å². The van der Waals surface area contributed by atoms with Crippen LogP contribution in [0.25, 0.3) is 0 Å². The van der Waals surface area contributed by atoms with Crippen molar-refractivity contribution in [3.8, 4) is 6.07 Å². The largest absolute Gasteiger partial charge is 0.347 e. The lowest BCUT2D eigenvalue weighted by Crippen LogP contribution is -2.43. The lowest BCUT2D eigenvalue weighted by Gasteiger charge is -2.26. The summed E-state index contributed by atoms with van der Waals surface area (Å²) in [5, 5.41) is 8.74. The predicted octanol–water partition coefficient (Wildman–Crippen LogP) is 1.01. The van der Waals surface area contributed by atoms with Crippen molar-refractivity contribution in [1.29, 1.82) is 5.26 Å². The fourth-order valence-corrected chi connectivity index (χ4v) is 2.22. The lowest BCUT2D eigenvalue weighted by atomic mass is 10.2. The van der Waals surface area contributed by atoms with E-state index in [1.54, 1.807) is 37.3 Å². The van der Waals surface area contributed by atoms with Gasteiger partial charge in [0.15, 0.2) is 0 Å².